The van der Waals surface area contributed by atoms with Gasteiger partial charge in [0.1, 0.15) is 6.10 Å². The highest BCUT2D eigenvalue weighted by molar-refractivity contribution is 5.91. The quantitative estimate of drug-likeness (QED) is 0.474. The molecule has 0 spiro atoms. The van der Waals surface area contributed by atoms with Gasteiger partial charge in [-0.25, -0.2) is 4.79 Å². The van der Waals surface area contributed by atoms with E-state index in [4.69, 9.17) is 33.2 Å². The molecule has 0 radical (unpaired) electrons. The third-order valence-corrected chi connectivity index (χ3v) is 7.63. The molecule has 0 saturated carbocycles. The van der Waals surface area contributed by atoms with Gasteiger partial charge in [0, 0.05) is 22.6 Å². The molecule has 3 aromatic rings. The van der Waals surface area contributed by atoms with Crippen molar-refractivity contribution in [3.8, 4) is 45.6 Å². The summed E-state index contributed by atoms with van der Waals surface area (Å²) in [6.07, 6.45) is -1.72. The minimum atomic E-state index is -0.954. The molecule has 0 fully saturated rings. The van der Waals surface area contributed by atoms with Crippen LogP contribution in [-0.2, 0) is 4.74 Å². The van der Waals surface area contributed by atoms with Gasteiger partial charge in [-0.3, -0.25) is 0 Å². The number of esters is 1. The number of hydrogen-bond donors (Lipinski definition) is 1. The summed E-state index contributed by atoms with van der Waals surface area (Å²) in [5.41, 5.74) is 2.75. The van der Waals surface area contributed by atoms with Crippen LogP contribution in [0.2, 0.25) is 0 Å². The van der Waals surface area contributed by atoms with Crippen molar-refractivity contribution >= 4 is 5.97 Å². The summed E-state index contributed by atoms with van der Waals surface area (Å²) >= 11 is 0. The van der Waals surface area contributed by atoms with Gasteiger partial charge in [-0.1, -0.05) is 32.0 Å². The highest BCUT2D eigenvalue weighted by Crippen LogP contribution is 2.60. The van der Waals surface area contributed by atoms with Gasteiger partial charge in [-0.2, -0.15) is 0 Å². The summed E-state index contributed by atoms with van der Waals surface area (Å²) in [5, 5.41) is 11.7. The lowest BCUT2D eigenvalue weighted by Gasteiger charge is -2.37. The van der Waals surface area contributed by atoms with Gasteiger partial charge in [0.05, 0.1) is 25.9 Å². The van der Waals surface area contributed by atoms with Crippen molar-refractivity contribution in [2.45, 2.75) is 26.1 Å². The molecule has 0 amide bonds. The van der Waals surface area contributed by atoms with E-state index in [1.54, 1.807) is 30.3 Å². The Bertz CT molecular complexity index is 1400. The summed E-state index contributed by atoms with van der Waals surface area (Å²) < 4.78 is 41.0. The van der Waals surface area contributed by atoms with E-state index in [9.17, 15) is 9.90 Å². The van der Waals surface area contributed by atoms with Crippen molar-refractivity contribution in [3.63, 3.8) is 0 Å². The number of aliphatic hydroxyl groups is 1. The second-order valence-corrected chi connectivity index (χ2v) is 9.57. The smallest absolute Gasteiger partial charge is 0.338 e. The summed E-state index contributed by atoms with van der Waals surface area (Å²) in [4.78, 5) is 13.3. The Morgan fingerprint density at radius 2 is 1.37 bits per heavy atom. The first kappa shape index (κ1) is 24.2. The monoisotopic (exact) mass is 520 g/mol. The van der Waals surface area contributed by atoms with Crippen LogP contribution in [0, 0.1) is 11.8 Å². The predicted molar refractivity (Wildman–Crippen MR) is 135 cm³/mol. The zero-order chi connectivity index (χ0) is 26.6. The Kier molecular flexibility index (Phi) is 5.95. The molecule has 38 heavy (non-hydrogen) atoms. The highest BCUT2D eigenvalue weighted by atomic mass is 16.7. The van der Waals surface area contributed by atoms with Crippen LogP contribution in [0.25, 0.3) is 11.1 Å². The number of fused-ring (bicyclic) bond motifs is 5. The molecule has 198 valence electrons. The lowest BCUT2D eigenvalue weighted by atomic mass is 9.74. The summed E-state index contributed by atoms with van der Waals surface area (Å²) in [7, 11) is 3.06. The maximum absolute atomic E-state index is 13.3. The molecule has 2 aliphatic heterocycles. The van der Waals surface area contributed by atoms with Crippen LogP contribution in [-0.4, -0.2) is 38.9 Å². The Labute approximate surface area is 219 Å². The zero-order valence-electron chi connectivity index (χ0n) is 21.5. The van der Waals surface area contributed by atoms with Gasteiger partial charge in [0.15, 0.2) is 23.0 Å². The average molecular weight is 521 g/mol. The van der Waals surface area contributed by atoms with Crippen LogP contribution >= 0.6 is 0 Å². The van der Waals surface area contributed by atoms with E-state index in [0.29, 0.717) is 62.3 Å². The van der Waals surface area contributed by atoms with Crippen LogP contribution in [0.1, 0.15) is 47.5 Å². The SMILES string of the molecule is COc1c2c(cc3c1-c1c(cc4c(c1OC)OCO4)C(OC(=O)c1ccccc1)C(C)C(C)C3O)OCO2. The maximum Gasteiger partial charge on any atom is 0.338 e. The molecule has 0 saturated heterocycles. The molecule has 1 aliphatic carbocycles. The third-order valence-electron chi connectivity index (χ3n) is 7.63. The number of carbonyl (C=O) groups excluding carboxylic acids is 1. The lowest BCUT2D eigenvalue weighted by molar-refractivity contribution is -0.0135. The molecule has 2 heterocycles. The second-order valence-electron chi connectivity index (χ2n) is 9.57. The number of benzene rings is 3. The molecule has 6 rings (SSSR count). The molecule has 4 atom stereocenters. The maximum atomic E-state index is 13.3. The fraction of sp³-hybridized carbons (Fsp3) is 0.345. The average Bonchev–Trinajstić information content (AvgIpc) is 3.62. The largest absolute Gasteiger partial charge is 0.492 e. The van der Waals surface area contributed by atoms with Crippen LogP contribution in [0.4, 0.5) is 0 Å². The first-order valence-corrected chi connectivity index (χ1v) is 12.4. The Balaban J connectivity index is 1.66. The van der Waals surface area contributed by atoms with Gasteiger partial charge in [0.2, 0.25) is 25.1 Å². The second kappa shape index (κ2) is 9.33. The summed E-state index contributed by atoms with van der Waals surface area (Å²) in [5.74, 6) is 1.42. The Hall–Kier alpha value is -4.11. The van der Waals surface area contributed by atoms with Gasteiger partial charge in [-0.15, -0.1) is 0 Å². The molecule has 3 aliphatic rings. The third kappa shape index (κ3) is 3.60. The summed E-state index contributed by atoms with van der Waals surface area (Å²) in [6.45, 7) is 3.92. The lowest BCUT2D eigenvalue weighted by Crippen LogP contribution is -2.29. The van der Waals surface area contributed by atoms with E-state index < -0.39 is 18.2 Å². The van der Waals surface area contributed by atoms with Crippen LogP contribution < -0.4 is 28.4 Å². The van der Waals surface area contributed by atoms with Crippen molar-refractivity contribution in [2.75, 3.05) is 27.8 Å². The minimum absolute atomic E-state index is 0.0166. The van der Waals surface area contributed by atoms with Crippen molar-refractivity contribution in [1.82, 2.24) is 0 Å². The van der Waals surface area contributed by atoms with Gasteiger partial charge >= 0.3 is 5.97 Å². The molecular weight excluding hydrogens is 492 g/mol. The van der Waals surface area contributed by atoms with Crippen molar-refractivity contribution in [3.05, 3.63) is 59.2 Å². The standard InChI is InChI=1S/C29H28O9/c1-14-15(2)24(38-29(31)16-8-6-5-7-9-16)18-11-20-26(37-13-35-20)28(33-4)22(18)21-17(23(14)30)10-19-25(27(21)32-3)36-12-34-19/h5-11,14-15,23-24,30H,12-13H2,1-4H3. The van der Waals surface area contributed by atoms with Crippen LogP contribution in [0.15, 0.2) is 42.5 Å². The van der Waals surface area contributed by atoms with E-state index in [0.717, 1.165) is 0 Å². The first-order valence-electron chi connectivity index (χ1n) is 12.4. The van der Waals surface area contributed by atoms with Gasteiger partial charge in [0.25, 0.3) is 0 Å². The van der Waals surface area contributed by atoms with E-state index in [1.165, 1.54) is 14.2 Å². The molecular formula is C29H28O9. The number of rotatable bonds is 4. The molecule has 9 nitrogen and oxygen atoms in total. The minimum Gasteiger partial charge on any atom is -0.492 e. The Morgan fingerprint density at radius 1 is 0.816 bits per heavy atom. The molecule has 0 bridgehead atoms. The molecule has 4 unspecified atom stereocenters. The Morgan fingerprint density at radius 3 is 1.95 bits per heavy atom. The first-order chi connectivity index (χ1) is 18.4. The number of ether oxygens (including phenoxy) is 7. The van der Waals surface area contributed by atoms with Crippen molar-refractivity contribution in [2.24, 2.45) is 11.8 Å². The molecule has 9 heteroatoms. The number of aliphatic hydroxyl groups excluding tert-OH is 1. The van der Waals surface area contributed by atoms with E-state index >= 15 is 0 Å². The summed E-state index contributed by atoms with van der Waals surface area (Å²) in [6, 6.07) is 12.4. The number of hydrogen-bond acceptors (Lipinski definition) is 9. The van der Waals surface area contributed by atoms with Crippen molar-refractivity contribution < 1.29 is 43.1 Å². The number of carbonyl (C=O) groups is 1. The van der Waals surface area contributed by atoms with E-state index in [1.807, 2.05) is 26.0 Å². The fourth-order valence-corrected chi connectivity index (χ4v) is 5.48. The predicted octanol–water partition coefficient (Wildman–Crippen LogP) is 5.05. The van der Waals surface area contributed by atoms with Crippen LogP contribution in [0.5, 0.6) is 34.5 Å². The van der Waals surface area contributed by atoms with Crippen LogP contribution in [0.3, 0.4) is 0 Å². The zero-order valence-corrected chi connectivity index (χ0v) is 21.5. The highest BCUT2D eigenvalue weighted by Gasteiger charge is 2.43. The van der Waals surface area contributed by atoms with Gasteiger partial charge in [-0.05, 0) is 35.7 Å². The molecule has 0 aromatic heterocycles. The van der Waals surface area contributed by atoms with E-state index in [-0.39, 0.29) is 25.4 Å². The van der Waals surface area contributed by atoms with Gasteiger partial charge < -0.3 is 38.3 Å². The van der Waals surface area contributed by atoms with E-state index in [2.05, 4.69) is 0 Å². The normalized spacial score (nSPS) is 22.6. The van der Waals surface area contributed by atoms with Crippen molar-refractivity contribution in [1.29, 1.82) is 0 Å². The topological polar surface area (TPSA) is 102 Å². The number of methoxy groups -OCH3 is 2. The fourth-order valence-electron chi connectivity index (χ4n) is 5.48. The molecule has 1 N–H and O–H groups in total. The molecule has 3 aromatic carbocycles.